The molecule has 3 aromatic rings. The van der Waals surface area contributed by atoms with E-state index in [2.05, 4.69) is 5.10 Å². The van der Waals surface area contributed by atoms with Gasteiger partial charge in [0.25, 0.3) is 5.91 Å². The average Bonchev–Trinajstić information content (AvgIpc) is 3.24. The molecule has 5 heteroatoms. The number of benzene rings is 2. The quantitative estimate of drug-likeness (QED) is 0.724. The Kier molecular flexibility index (Phi) is 3.69. The predicted octanol–water partition coefficient (Wildman–Crippen LogP) is 3.98. The maximum Gasteiger partial charge on any atom is 0.291 e. The molecule has 1 amide bonds. The van der Waals surface area contributed by atoms with Crippen LogP contribution in [-0.2, 0) is 11.2 Å². The molecule has 0 aliphatic carbocycles. The summed E-state index contributed by atoms with van der Waals surface area (Å²) in [5, 5.41) is 5.46. The van der Waals surface area contributed by atoms with E-state index in [1.807, 2.05) is 12.1 Å². The number of carbonyl (C=O) groups excluding carboxylic acids is 1. The van der Waals surface area contributed by atoms with Crippen LogP contribution < -0.4 is 5.01 Å². The number of para-hydroxylation sites is 1. The summed E-state index contributed by atoms with van der Waals surface area (Å²) >= 11 is 0. The van der Waals surface area contributed by atoms with Gasteiger partial charge in [0.2, 0.25) is 5.67 Å². The van der Waals surface area contributed by atoms with Gasteiger partial charge in [0, 0.05) is 5.56 Å². The van der Waals surface area contributed by atoms with E-state index in [-0.39, 0.29) is 12.1 Å². The number of anilines is 1. The van der Waals surface area contributed by atoms with E-state index in [0.29, 0.717) is 17.0 Å². The van der Waals surface area contributed by atoms with Crippen molar-refractivity contribution < 1.29 is 13.6 Å². The number of nitrogens with zero attached hydrogens (tertiary/aromatic N) is 2. The van der Waals surface area contributed by atoms with E-state index in [0.717, 1.165) is 5.01 Å². The van der Waals surface area contributed by atoms with Gasteiger partial charge in [-0.3, -0.25) is 4.79 Å². The van der Waals surface area contributed by atoms with E-state index in [4.69, 9.17) is 4.42 Å². The van der Waals surface area contributed by atoms with Gasteiger partial charge in [0.1, 0.15) is 11.5 Å². The molecule has 0 bridgehead atoms. The summed E-state index contributed by atoms with van der Waals surface area (Å²) in [5.41, 5.74) is -1.09. The molecule has 25 heavy (non-hydrogen) atoms. The zero-order valence-electron chi connectivity index (χ0n) is 13.3. The van der Waals surface area contributed by atoms with Gasteiger partial charge in [0.05, 0.1) is 18.4 Å². The number of carbonyl (C=O) groups is 1. The predicted molar refractivity (Wildman–Crippen MR) is 93.2 cm³/mol. The highest BCUT2D eigenvalue weighted by molar-refractivity contribution is 6.27. The minimum atomic E-state index is -2.28. The summed E-state index contributed by atoms with van der Waals surface area (Å²) in [7, 11) is 0. The molecule has 1 unspecified atom stereocenters. The first-order chi connectivity index (χ1) is 12.2. The largest absolute Gasteiger partial charge is 0.469 e. The van der Waals surface area contributed by atoms with Crippen molar-refractivity contribution in [3.05, 3.63) is 90.4 Å². The Morgan fingerprint density at radius 1 is 0.960 bits per heavy atom. The van der Waals surface area contributed by atoms with Gasteiger partial charge in [-0.05, 0) is 24.3 Å². The van der Waals surface area contributed by atoms with Crippen molar-refractivity contribution >= 4 is 17.3 Å². The summed E-state index contributed by atoms with van der Waals surface area (Å²) in [4.78, 5) is 12.9. The fourth-order valence-corrected chi connectivity index (χ4v) is 2.93. The molecule has 0 saturated heterocycles. The van der Waals surface area contributed by atoms with Gasteiger partial charge in [0.15, 0.2) is 0 Å². The Morgan fingerprint density at radius 3 is 2.28 bits per heavy atom. The lowest BCUT2D eigenvalue weighted by Crippen LogP contribution is -2.44. The van der Waals surface area contributed by atoms with Gasteiger partial charge < -0.3 is 4.42 Å². The molecule has 4 rings (SSSR count). The molecular weight excluding hydrogens is 319 g/mol. The lowest BCUT2D eigenvalue weighted by molar-refractivity contribution is -0.125. The fourth-order valence-electron chi connectivity index (χ4n) is 2.93. The molecule has 0 radical (unpaired) electrons. The number of hydrogen-bond acceptors (Lipinski definition) is 3. The van der Waals surface area contributed by atoms with Crippen molar-refractivity contribution in [3.63, 3.8) is 0 Å². The minimum Gasteiger partial charge on any atom is -0.469 e. The second kappa shape index (κ2) is 6.02. The summed E-state index contributed by atoms with van der Waals surface area (Å²) < 4.78 is 21.2. The number of amides is 1. The van der Waals surface area contributed by atoms with Crippen LogP contribution in [0.4, 0.5) is 10.1 Å². The van der Waals surface area contributed by atoms with Gasteiger partial charge in [-0.1, -0.05) is 48.5 Å². The molecule has 1 atom stereocenters. The molecule has 2 heterocycles. The number of rotatable bonds is 4. The Morgan fingerprint density at radius 2 is 1.64 bits per heavy atom. The monoisotopic (exact) mass is 334 g/mol. The lowest BCUT2D eigenvalue weighted by atomic mass is 9.89. The number of halogens is 1. The molecule has 0 N–H and O–H groups in total. The van der Waals surface area contributed by atoms with Crippen LogP contribution in [0.1, 0.15) is 11.3 Å². The zero-order chi connectivity index (χ0) is 17.3. The molecule has 0 saturated carbocycles. The van der Waals surface area contributed by atoms with Crippen LogP contribution in [-0.4, -0.2) is 17.3 Å². The van der Waals surface area contributed by atoms with Crippen molar-refractivity contribution in [1.82, 2.24) is 0 Å². The second-order valence-electron chi connectivity index (χ2n) is 5.82. The van der Waals surface area contributed by atoms with Gasteiger partial charge >= 0.3 is 0 Å². The number of alkyl halides is 1. The third-order valence-corrected chi connectivity index (χ3v) is 4.15. The molecule has 0 spiro atoms. The normalized spacial score (nSPS) is 20.0. The molecule has 4 nitrogen and oxygen atoms in total. The van der Waals surface area contributed by atoms with Crippen LogP contribution in [0.15, 0.2) is 88.6 Å². The molecule has 1 aliphatic rings. The van der Waals surface area contributed by atoms with E-state index in [1.54, 1.807) is 60.7 Å². The van der Waals surface area contributed by atoms with Crippen molar-refractivity contribution in [2.24, 2.45) is 5.10 Å². The van der Waals surface area contributed by atoms with Crippen LogP contribution >= 0.6 is 0 Å². The van der Waals surface area contributed by atoms with Gasteiger partial charge in [-0.15, -0.1) is 0 Å². The smallest absolute Gasteiger partial charge is 0.291 e. The van der Waals surface area contributed by atoms with Gasteiger partial charge in [-0.2, -0.15) is 10.1 Å². The minimum absolute atomic E-state index is 0.0957. The van der Waals surface area contributed by atoms with E-state index >= 15 is 4.39 Å². The van der Waals surface area contributed by atoms with Crippen LogP contribution in [0, 0.1) is 0 Å². The van der Waals surface area contributed by atoms with Gasteiger partial charge in [-0.25, -0.2) is 4.39 Å². The Bertz CT molecular complexity index is 907. The number of hydrogen-bond donors (Lipinski definition) is 0. The lowest BCUT2D eigenvalue weighted by Gasteiger charge is -2.20. The molecule has 1 aromatic heterocycles. The Labute approximate surface area is 144 Å². The van der Waals surface area contributed by atoms with Crippen LogP contribution in [0.25, 0.3) is 0 Å². The molecule has 2 aromatic carbocycles. The first kappa shape index (κ1) is 15.3. The second-order valence-corrected chi connectivity index (χ2v) is 5.82. The highest BCUT2D eigenvalue weighted by Gasteiger charge is 2.53. The topological polar surface area (TPSA) is 45.8 Å². The maximum absolute atomic E-state index is 16.0. The maximum atomic E-state index is 16.0. The van der Waals surface area contributed by atoms with E-state index in [9.17, 15) is 4.79 Å². The van der Waals surface area contributed by atoms with Crippen LogP contribution in [0.2, 0.25) is 0 Å². The highest BCUT2D eigenvalue weighted by atomic mass is 19.1. The van der Waals surface area contributed by atoms with E-state index in [1.165, 1.54) is 6.26 Å². The Balaban J connectivity index is 1.81. The molecular formula is C20H15FN2O2. The average molecular weight is 334 g/mol. The SMILES string of the molecule is O=C1N(c2ccccc2)N=C(c2ccccc2)C1(F)Cc1ccco1. The summed E-state index contributed by atoms with van der Waals surface area (Å²) in [6.07, 6.45) is 1.27. The zero-order valence-corrected chi connectivity index (χ0v) is 13.3. The summed E-state index contributed by atoms with van der Waals surface area (Å²) in [6.45, 7) is 0. The molecule has 0 fully saturated rings. The fraction of sp³-hybridized carbons (Fsp3) is 0.100. The van der Waals surface area contributed by atoms with E-state index < -0.39 is 11.6 Å². The summed E-state index contributed by atoms with van der Waals surface area (Å²) in [6, 6.07) is 21.1. The first-order valence-electron chi connectivity index (χ1n) is 7.94. The Hall–Kier alpha value is -3.21. The molecule has 1 aliphatic heterocycles. The van der Waals surface area contributed by atoms with Crippen molar-refractivity contribution in [1.29, 1.82) is 0 Å². The first-order valence-corrected chi connectivity index (χ1v) is 7.94. The number of furan rings is 1. The van der Waals surface area contributed by atoms with Crippen molar-refractivity contribution in [2.45, 2.75) is 12.1 Å². The summed E-state index contributed by atoms with van der Waals surface area (Å²) in [5.74, 6) is -0.316. The highest BCUT2D eigenvalue weighted by Crippen LogP contribution is 2.34. The standard InChI is InChI=1S/C20H15FN2O2/c21-20(14-17-12-7-13-25-17)18(15-8-3-1-4-9-15)22-23(19(20)24)16-10-5-2-6-11-16/h1-13H,14H2. The van der Waals surface area contributed by atoms with Crippen LogP contribution in [0.3, 0.4) is 0 Å². The third-order valence-electron chi connectivity index (χ3n) is 4.15. The third kappa shape index (κ3) is 2.63. The number of hydrazone groups is 1. The van der Waals surface area contributed by atoms with Crippen molar-refractivity contribution in [2.75, 3.05) is 5.01 Å². The van der Waals surface area contributed by atoms with Crippen molar-refractivity contribution in [3.8, 4) is 0 Å². The van der Waals surface area contributed by atoms with Crippen LogP contribution in [0.5, 0.6) is 0 Å². The molecule has 124 valence electrons.